The Balaban J connectivity index is 1.69. The van der Waals surface area contributed by atoms with Gasteiger partial charge in [-0.2, -0.15) is 0 Å². The molecule has 2 heterocycles. The summed E-state index contributed by atoms with van der Waals surface area (Å²) in [7, 11) is 1.63. The van der Waals surface area contributed by atoms with E-state index in [2.05, 4.69) is 10.6 Å². The molecule has 1 fully saturated rings. The van der Waals surface area contributed by atoms with Crippen LogP contribution in [-0.4, -0.2) is 37.2 Å². The average Bonchev–Trinajstić information content (AvgIpc) is 2.69. The standard InChI is InChI=1S/C21H27N3O3/c1-15-9-13-24(17-7-10-22-11-8-17)21(26)19(15)20(25)23-12-6-16-4-3-5-18(14-16)27-2/h3-5,9,13-14,17,22H,6-8,10-12H2,1-2H3,(H,23,25). The van der Waals surface area contributed by atoms with Gasteiger partial charge in [0.15, 0.2) is 0 Å². The van der Waals surface area contributed by atoms with E-state index in [0.717, 1.165) is 37.2 Å². The number of benzene rings is 1. The minimum atomic E-state index is -0.302. The van der Waals surface area contributed by atoms with Gasteiger partial charge in [0.1, 0.15) is 11.3 Å². The van der Waals surface area contributed by atoms with E-state index in [4.69, 9.17) is 4.74 Å². The lowest BCUT2D eigenvalue weighted by molar-refractivity contribution is 0.0951. The van der Waals surface area contributed by atoms with Crippen molar-refractivity contribution in [2.75, 3.05) is 26.7 Å². The Kier molecular flexibility index (Phi) is 6.29. The van der Waals surface area contributed by atoms with Gasteiger partial charge in [-0.3, -0.25) is 9.59 Å². The molecule has 1 aromatic carbocycles. The quantitative estimate of drug-likeness (QED) is 0.818. The number of hydrogen-bond donors (Lipinski definition) is 2. The summed E-state index contributed by atoms with van der Waals surface area (Å²) in [5, 5.41) is 6.19. The number of amides is 1. The number of nitrogens with one attached hydrogen (secondary N) is 2. The van der Waals surface area contributed by atoms with E-state index in [1.807, 2.05) is 43.5 Å². The van der Waals surface area contributed by atoms with Crippen molar-refractivity contribution >= 4 is 5.91 Å². The summed E-state index contributed by atoms with van der Waals surface area (Å²) in [4.78, 5) is 25.6. The van der Waals surface area contributed by atoms with Crippen LogP contribution in [0.15, 0.2) is 41.3 Å². The summed E-state index contributed by atoms with van der Waals surface area (Å²) in [6, 6.07) is 9.77. The number of hydrogen-bond acceptors (Lipinski definition) is 4. The largest absolute Gasteiger partial charge is 0.497 e. The number of ether oxygens (including phenoxy) is 1. The summed E-state index contributed by atoms with van der Waals surface area (Å²) in [6.07, 6.45) is 4.30. The third-order valence-corrected chi connectivity index (χ3v) is 5.09. The zero-order valence-electron chi connectivity index (χ0n) is 16.0. The van der Waals surface area contributed by atoms with Crippen LogP contribution in [0.3, 0.4) is 0 Å². The number of piperidine rings is 1. The molecule has 2 N–H and O–H groups in total. The molecule has 1 aromatic heterocycles. The van der Waals surface area contributed by atoms with E-state index in [1.54, 1.807) is 11.7 Å². The fraction of sp³-hybridized carbons (Fsp3) is 0.429. The molecule has 1 aliphatic heterocycles. The molecule has 1 aliphatic rings. The van der Waals surface area contributed by atoms with Crippen molar-refractivity contribution < 1.29 is 9.53 Å². The molecule has 0 radical (unpaired) electrons. The Labute approximate surface area is 159 Å². The number of aromatic nitrogens is 1. The van der Waals surface area contributed by atoms with Crippen LogP contribution in [0.4, 0.5) is 0 Å². The van der Waals surface area contributed by atoms with Crippen molar-refractivity contribution in [2.24, 2.45) is 0 Å². The molecule has 1 amide bonds. The first kappa shape index (κ1) is 19.2. The highest BCUT2D eigenvalue weighted by molar-refractivity contribution is 5.95. The van der Waals surface area contributed by atoms with Crippen molar-refractivity contribution in [1.82, 2.24) is 15.2 Å². The first-order valence-electron chi connectivity index (χ1n) is 9.43. The highest BCUT2D eigenvalue weighted by Crippen LogP contribution is 2.17. The van der Waals surface area contributed by atoms with Crippen LogP contribution in [0.1, 0.15) is 40.4 Å². The lowest BCUT2D eigenvalue weighted by Gasteiger charge is -2.25. The van der Waals surface area contributed by atoms with E-state index in [0.29, 0.717) is 18.5 Å². The average molecular weight is 369 g/mol. The van der Waals surface area contributed by atoms with E-state index in [-0.39, 0.29) is 23.1 Å². The maximum absolute atomic E-state index is 12.9. The smallest absolute Gasteiger partial charge is 0.263 e. The first-order valence-corrected chi connectivity index (χ1v) is 9.43. The van der Waals surface area contributed by atoms with Gasteiger partial charge in [0.2, 0.25) is 0 Å². The minimum absolute atomic E-state index is 0.155. The molecule has 1 saturated heterocycles. The number of nitrogens with zero attached hydrogens (tertiary/aromatic N) is 1. The van der Waals surface area contributed by atoms with Crippen molar-refractivity contribution in [3.63, 3.8) is 0 Å². The van der Waals surface area contributed by atoms with Gasteiger partial charge in [-0.25, -0.2) is 0 Å². The Morgan fingerprint density at radius 2 is 2.07 bits per heavy atom. The highest BCUT2D eigenvalue weighted by Gasteiger charge is 2.21. The highest BCUT2D eigenvalue weighted by atomic mass is 16.5. The van der Waals surface area contributed by atoms with Crippen LogP contribution in [0.2, 0.25) is 0 Å². The van der Waals surface area contributed by atoms with E-state index in [1.165, 1.54) is 0 Å². The minimum Gasteiger partial charge on any atom is -0.497 e. The van der Waals surface area contributed by atoms with Crippen LogP contribution in [0, 0.1) is 6.92 Å². The number of carbonyl (C=O) groups excluding carboxylic acids is 1. The van der Waals surface area contributed by atoms with E-state index in [9.17, 15) is 9.59 Å². The maximum atomic E-state index is 12.9. The number of aryl methyl sites for hydroxylation is 1. The maximum Gasteiger partial charge on any atom is 0.263 e. The molecule has 0 saturated carbocycles. The summed E-state index contributed by atoms with van der Waals surface area (Å²) >= 11 is 0. The Morgan fingerprint density at radius 3 is 2.81 bits per heavy atom. The number of rotatable bonds is 6. The number of pyridine rings is 1. The molecule has 0 atom stereocenters. The number of methoxy groups -OCH3 is 1. The fourth-order valence-electron chi connectivity index (χ4n) is 3.53. The second-order valence-electron chi connectivity index (χ2n) is 6.92. The lowest BCUT2D eigenvalue weighted by Crippen LogP contribution is -2.38. The zero-order valence-corrected chi connectivity index (χ0v) is 16.0. The predicted molar refractivity (Wildman–Crippen MR) is 106 cm³/mol. The number of carbonyl (C=O) groups is 1. The molecule has 0 unspecified atom stereocenters. The van der Waals surface area contributed by atoms with Crippen LogP contribution < -0.4 is 20.9 Å². The van der Waals surface area contributed by atoms with Gasteiger partial charge in [0.25, 0.3) is 11.5 Å². The van der Waals surface area contributed by atoms with Crippen molar-refractivity contribution in [3.8, 4) is 5.75 Å². The molecule has 2 aromatic rings. The molecular weight excluding hydrogens is 342 g/mol. The fourth-order valence-corrected chi connectivity index (χ4v) is 3.53. The SMILES string of the molecule is COc1cccc(CCNC(=O)c2c(C)ccn(C3CCNCC3)c2=O)c1. The third-order valence-electron chi connectivity index (χ3n) is 5.09. The van der Waals surface area contributed by atoms with Gasteiger partial charge >= 0.3 is 0 Å². The molecule has 27 heavy (non-hydrogen) atoms. The van der Waals surface area contributed by atoms with Gasteiger partial charge in [-0.15, -0.1) is 0 Å². The van der Waals surface area contributed by atoms with Crippen LogP contribution in [0.25, 0.3) is 0 Å². The summed E-state index contributed by atoms with van der Waals surface area (Å²) in [6.45, 7) is 4.07. The van der Waals surface area contributed by atoms with Crippen LogP contribution in [-0.2, 0) is 6.42 Å². The lowest BCUT2D eigenvalue weighted by atomic mass is 10.0. The molecule has 3 rings (SSSR count). The van der Waals surface area contributed by atoms with Crippen LogP contribution >= 0.6 is 0 Å². The Bertz CT molecular complexity index is 854. The topological polar surface area (TPSA) is 72.4 Å². The zero-order chi connectivity index (χ0) is 19.2. The molecule has 0 aliphatic carbocycles. The Morgan fingerprint density at radius 1 is 1.30 bits per heavy atom. The van der Waals surface area contributed by atoms with Crippen molar-refractivity contribution in [1.29, 1.82) is 0 Å². The molecule has 0 bridgehead atoms. The second-order valence-corrected chi connectivity index (χ2v) is 6.92. The monoisotopic (exact) mass is 369 g/mol. The van der Waals surface area contributed by atoms with Crippen LogP contribution in [0.5, 0.6) is 5.75 Å². The van der Waals surface area contributed by atoms with E-state index >= 15 is 0 Å². The molecule has 144 valence electrons. The predicted octanol–water partition coefficient (Wildman–Crippen LogP) is 2.06. The molecule has 0 spiro atoms. The summed E-state index contributed by atoms with van der Waals surface area (Å²) < 4.78 is 6.94. The molecular formula is C21H27N3O3. The summed E-state index contributed by atoms with van der Waals surface area (Å²) in [5.41, 5.74) is 1.85. The van der Waals surface area contributed by atoms with Gasteiger partial charge in [0.05, 0.1) is 7.11 Å². The molecule has 6 nitrogen and oxygen atoms in total. The van der Waals surface area contributed by atoms with Crippen molar-refractivity contribution in [3.05, 3.63) is 63.6 Å². The third kappa shape index (κ3) is 4.57. The second kappa shape index (κ2) is 8.86. The first-order chi connectivity index (χ1) is 13.1. The molecule has 6 heteroatoms. The Hall–Kier alpha value is -2.60. The van der Waals surface area contributed by atoms with Gasteiger partial charge in [0, 0.05) is 18.8 Å². The van der Waals surface area contributed by atoms with Gasteiger partial charge < -0.3 is 19.9 Å². The van der Waals surface area contributed by atoms with Gasteiger partial charge in [-0.1, -0.05) is 12.1 Å². The van der Waals surface area contributed by atoms with E-state index < -0.39 is 0 Å². The normalized spacial score (nSPS) is 14.7. The van der Waals surface area contributed by atoms with Crippen molar-refractivity contribution in [2.45, 2.75) is 32.2 Å². The van der Waals surface area contributed by atoms with Gasteiger partial charge in [-0.05, 0) is 68.6 Å². The summed E-state index contributed by atoms with van der Waals surface area (Å²) in [5.74, 6) is 0.492.